The molecule has 0 radical (unpaired) electrons. The number of carbonyl (C=O) groups is 1. The van der Waals surface area contributed by atoms with Gasteiger partial charge in [0.25, 0.3) is 5.91 Å². The number of furan rings is 1. The van der Waals surface area contributed by atoms with E-state index >= 15 is 0 Å². The van der Waals surface area contributed by atoms with Gasteiger partial charge in [0.2, 0.25) is 0 Å². The Labute approximate surface area is 191 Å². The van der Waals surface area contributed by atoms with Crippen LogP contribution in [0.5, 0.6) is 0 Å². The number of sulfone groups is 1. The Morgan fingerprint density at radius 1 is 0.844 bits per heavy atom. The van der Waals surface area contributed by atoms with Gasteiger partial charge in [0, 0.05) is 5.02 Å². The predicted octanol–water partition coefficient (Wildman–Crippen LogP) is 5.43. The molecule has 1 N–H and O–H groups in total. The molecule has 32 heavy (non-hydrogen) atoms. The van der Waals surface area contributed by atoms with Crippen molar-refractivity contribution in [2.75, 3.05) is 0 Å². The number of nitrogens with one attached hydrogen (secondary N) is 1. The van der Waals surface area contributed by atoms with E-state index in [1.807, 2.05) is 42.5 Å². The van der Waals surface area contributed by atoms with Crippen LogP contribution in [-0.2, 0) is 15.6 Å². The highest BCUT2D eigenvalue weighted by atomic mass is 35.5. The molecule has 0 fully saturated rings. The minimum absolute atomic E-state index is 0.0335. The van der Waals surface area contributed by atoms with E-state index in [-0.39, 0.29) is 22.2 Å². The van der Waals surface area contributed by atoms with Gasteiger partial charge in [0.15, 0.2) is 15.6 Å². The lowest BCUT2D eigenvalue weighted by atomic mass is 9.98. The standard InChI is InChI=1S/C25H20ClNO4S/c26-20-11-7-10-19(16-20)24(18-8-3-1-4-9-18)27-25(28)23-15-14-21(31-23)17-32(29,30)22-12-5-2-6-13-22/h1-16,24H,17H2,(H,27,28). The molecule has 0 aliphatic rings. The monoisotopic (exact) mass is 465 g/mol. The maximum atomic E-state index is 12.9. The van der Waals surface area contributed by atoms with Crippen LogP contribution >= 0.6 is 11.6 Å². The van der Waals surface area contributed by atoms with Crippen molar-refractivity contribution in [3.63, 3.8) is 0 Å². The molecule has 0 aliphatic carbocycles. The van der Waals surface area contributed by atoms with Crippen LogP contribution in [0.4, 0.5) is 0 Å². The van der Waals surface area contributed by atoms with Crippen LogP contribution in [-0.4, -0.2) is 14.3 Å². The topological polar surface area (TPSA) is 76.4 Å². The lowest BCUT2D eigenvalue weighted by Crippen LogP contribution is -2.29. The summed E-state index contributed by atoms with van der Waals surface area (Å²) < 4.78 is 30.8. The number of hydrogen-bond donors (Lipinski definition) is 1. The summed E-state index contributed by atoms with van der Waals surface area (Å²) in [6, 6.07) is 27.4. The largest absolute Gasteiger partial charge is 0.455 e. The zero-order valence-electron chi connectivity index (χ0n) is 16.9. The Bertz CT molecular complexity index is 1320. The maximum Gasteiger partial charge on any atom is 0.287 e. The molecule has 0 saturated carbocycles. The van der Waals surface area contributed by atoms with Gasteiger partial charge >= 0.3 is 0 Å². The number of amides is 1. The molecule has 1 atom stereocenters. The minimum atomic E-state index is -3.58. The molecular weight excluding hydrogens is 446 g/mol. The molecule has 4 aromatic rings. The van der Waals surface area contributed by atoms with Gasteiger partial charge in [0.1, 0.15) is 11.5 Å². The third kappa shape index (κ3) is 5.10. The van der Waals surface area contributed by atoms with Gasteiger partial charge < -0.3 is 9.73 Å². The molecule has 1 aromatic heterocycles. The van der Waals surface area contributed by atoms with Crippen LogP contribution < -0.4 is 5.32 Å². The van der Waals surface area contributed by atoms with E-state index in [0.29, 0.717) is 5.02 Å². The molecule has 1 amide bonds. The van der Waals surface area contributed by atoms with E-state index in [4.69, 9.17) is 16.0 Å². The van der Waals surface area contributed by atoms with E-state index in [2.05, 4.69) is 5.32 Å². The van der Waals surface area contributed by atoms with Gasteiger partial charge in [-0.2, -0.15) is 0 Å². The maximum absolute atomic E-state index is 12.9. The van der Waals surface area contributed by atoms with Gasteiger partial charge in [-0.15, -0.1) is 0 Å². The summed E-state index contributed by atoms with van der Waals surface area (Å²) in [5, 5.41) is 3.52. The predicted molar refractivity (Wildman–Crippen MR) is 123 cm³/mol. The number of carbonyl (C=O) groups excluding carboxylic acids is 1. The molecule has 4 rings (SSSR count). The van der Waals surface area contributed by atoms with Crippen LogP contribution in [0, 0.1) is 0 Å². The quantitative estimate of drug-likeness (QED) is 0.395. The number of benzene rings is 3. The molecule has 0 spiro atoms. The average Bonchev–Trinajstić information content (AvgIpc) is 3.26. The Hall–Kier alpha value is -3.35. The van der Waals surface area contributed by atoms with E-state index in [1.54, 1.807) is 30.3 Å². The first-order chi connectivity index (χ1) is 15.4. The summed E-state index contributed by atoms with van der Waals surface area (Å²) in [6.07, 6.45) is 0. The normalized spacial score (nSPS) is 12.3. The van der Waals surface area contributed by atoms with E-state index < -0.39 is 21.8 Å². The highest BCUT2D eigenvalue weighted by Crippen LogP contribution is 2.25. The number of rotatable bonds is 7. The fourth-order valence-corrected chi connectivity index (χ4v) is 4.84. The van der Waals surface area contributed by atoms with Gasteiger partial charge in [0.05, 0.1) is 10.9 Å². The Morgan fingerprint density at radius 2 is 1.50 bits per heavy atom. The van der Waals surface area contributed by atoms with Crippen molar-refractivity contribution in [2.45, 2.75) is 16.7 Å². The average molecular weight is 466 g/mol. The smallest absolute Gasteiger partial charge is 0.287 e. The lowest BCUT2D eigenvalue weighted by Gasteiger charge is -2.19. The van der Waals surface area contributed by atoms with Crippen molar-refractivity contribution in [3.05, 3.63) is 125 Å². The third-order valence-corrected chi connectivity index (χ3v) is 6.80. The molecule has 0 aliphatic heterocycles. The molecule has 7 heteroatoms. The van der Waals surface area contributed by atoms with E-state index in [1.165, 1.54) is 24.3 Å². The molecule has 0 saturated heterocycles. The van der Waals surface area contributed by atoms with Crippen molar-refractivity contribution in [1.29, 1.82) is 0 Å². The van der Waals surface area contributed by atoms with Crippen LogP contribution in [0.3, 0.4) is 0 Å². The zero-order valence-corrected chi connectivity index (χ0v) is 18.5. The van der Waals surface area contributed by atoms with Gasteiger partial charge in [-0.3, -0.25) is 4.79 Å². The molecule has 0 bridgehead atoms. The summed E-state index contributed by atoms with van der Waals surface area (Å²) in [5.41, 5.74) is 1.69. The highest BCUT2D eigenvalue weighted by molar-refractivity contribution is 7.90. The summed E-state index contributed by atoms with van der Waals surface area (Å²) in [4.78, 5) is 13.1. The molecule has 3 aromatic carbocycles. The van der Waals surface area contributed by atoms with Crippen LogP contribution in [0.15, 0.2) is 106 Å². The first-order valence-corrected chi connectivity index (χ1v) is 11.9. The summed E-state index contributed by atoms with van der Waals surface area (Å²) in [5.74, 6) is -0.563. The minimum Gasteiger partial charge on any atom is -0.455 e. The Morgan fingerprint density at radius 3 is 2.19 bits per heavy atom. The van der Waals surface area contributed by atoms with Crippen molar-refractivity contribution < 1.29 is 17.6 Å². The summed E-state index contributed by atoms with van der Waals surface area (Å²) in [6.45, 7) is 0. The van der Waals surface area contributed by atoms with Crippen LogP contribution in [0.25, 0.3) is 0 Å². The molecule has 1 unspecified atom stereocenters. The fourth-order valence-electron chi connectivity index (χ4n) is 3.37. The van der Waals surface area contributed by atoms with Gasteiger partial charge in [-0.25, -0.2) is 8.42 Å². The number of hydrogen-bond acceptors (Lipinski definition) is 4. The molecule has 1 heterocycles. The first-order valence-electron chi connectivity index (χ1n) is 9.90. The first kappa shape index (κ1) is 21.9. The second kappa shape index (κ2) is 9.42. The summed E-state index contributed by atoms with van der Waals surface area (Å²) >= 11 is 6.16. The van der Waals surface area contributed by atoms with E-state index in [0.717, 1.165) is 11.1 Å². The SMILES string of the molecule is O=C(NC(c1ccccc1)c1cccc(Cl)c1)c1ccc(CS(=O)(=O)c2ccccc2)o1. The fraction of sp³-hybridized carbons (Fsp3) is 0.0800. The van der Waals surface area contributed by atoms with Crippen LogP contribution in [0.2, 0.25) is 5.02 Å². The Kier molecular flexibility index (Phi) is 6.44. The van der Waals surface area contributed by atoms with E-state index in [9.17, 15) is 13.2 Å². The van der Waals surface area contributed by atoms with Gasteiger partial charge in [-0.1, -0.05) is 72.3 Å². The molecular formula is C25H20ClNO4S. The van der Waals surface area contributed by atoms with Crippen molar-refractivity contribution in [2.24, 2.45) is 0 Å². The number of halogens is 1. The van der Waals surface area contributed by atoms with Crippen molar-refractivity contribution >= 4 is 27.3 Å². The van der Waals surface area contributed by atoms with Crippen molar-refractivity contribution in [3.8, 4) is 0 Å². The zero-order chi connectivity index (χ0) is 22.6. The van der Waals surface area contributed by atoms with Crippen molar-refractivity contribution in [1.82, 2.24) is 5.32 Å². The highest BCUT2D eigenvalue weighted by Gasteiger charge is 2.22. The Balaban J connectivity index is 1.55. The molecule has 162 valence electrons. The lowest BCUT2D eigenvalue weighted by molar-refractivity contribution is 0.0913. The van der Waals surface area contributed by atoms with Gasteiger partial charge in [-0.05, 0) is 47.5 Å². The third-order valence-electron chi connectivity index (χ3n) is 4.91. The van der Waals surface area contributed by atoms with Crippen LogP contribution in [0.1, 0.15) is 33.5 Å². The molecule has 5 nitrogen and oxygen atoms in total. The second-order valence-electron chi connectivity index (χ2n) is 7.21. The second-order valence-corrected chi connectivity index (χ2v) is 9.64. The summed E-state index contributed by atoms with van der Waals surface area (Å²) in [7, 11) is -3.58.